The second-order valence-corrected chi connectivity index (χ2v) is 6.03. The predicted octanol–water partition coefficient (Wildman–Crippen LogP) is 3.36. The molecule has 0 radical (unpaired) electrons. The van der Waals surface area contributed by atoms with Gasteiger partial charge in [0.2, 0.25) is 0 Å². The average molecular weight is 274 g/mol. The summed E-state index contributed by atoms with van der Waals surface area (Å²) in [7, 11) is 0. The Balaban J connectivity index is 2.10. The van der Waals surface area contributed by atoms with Gasteiger partial charge >= 0.3 is 5.97 Å². The normalized spacial score (nSPS) is 16.0. The van der Waals surface area contributed by atoms with Gasteiger partial charge in [0.25, 0.3) is 0 Å². The number of hydrogen-bond donors (Lipinski definition) is 1. The van der Waals surface area contributed by atoms with Gasteiger partial charge in [-0.2, -0.15) is 0 Å². The summed E-state index contributed by atoms with van der Waals surface area (Å²) < 4.78 is 0. The lowest BCUT2D eigenvalue weighted by Gasteiger charge is -2.12. The molecule has 3 rings (SSSR count). The summed E-state index contributed by atoms with van der Waals surface area (Å²) in [4.78, 5) is 12.1. The summed E-state index contributed by atoms with van der Waals surface area (Å²) >= 11 is 1.65. The molecule has 98 valence electrons. The molecule has 19 heavy (non-hydrogen) atoms. The van der Waals surface area contributed by atoms with Crippen molar-refractivity contribution in [2.24, 2.45) is 0 Å². The minimum atomic E-state index is -1.00. The van der Waals surface area contributed by atoms with Crippen LogP contribution in [0.25, 0.3) is 10.9 Å². The number of hydrogen-bond acceptors (Lipinski definition) is 4. The largest absolute Gasteiger partial charge is 0.476 e. The second-order valence-electron chi connectivity index (χ2n) is 4.72. The van der Waals surface area contributed by atoms with Crippen LogP contribution in [0, 0.1) is 0 Å². The summed E-state index contributed by atoms with van der Waals surface area (Å²) in [6, 6.07) is 7.59. The molecule has 1 aromatic carbocycles. The summed E-state index contributed by atoms with van der Waals surface area (Å²) in [5, 5.41) is 18.6. The highest BCUT2D eigenvalue weighted by Gasteiger charge is 2.23. The average Bonchev–Trinajstić information content (AvgIpc) is 2.92. The molecule has 0 saturated heterocycles. The predicted molar refractivity (Wildman–Crippen MR) is 74.6 cm³/mol. The van der Waals surface area contributed by atoms with E-state index < -0.39 is 5.97 Å². The molecule has 0 bridgehead atoms. The van der Waals surface area contributed by atoms with Crippen LogP contribution in [-0.2, 0) is 0 Å². The summed E-state index contributed by atoms with van der Waals surface area (Å²) in [5.41, 5.74) is 0.837. The second kappa shape index (κ2) is 5.17. The summed E-state index contributed by atoms with van der Waals surface area (Å²) in [6.07, 6.45) is 4.77. The van der Waals surface area contributed by atoms with E-state index in [2.05, 4.69) is 10.2 Å². The zero-order valence-electron chi connectivity index (χ0n) is 10.4. The minimum Gasteiger partial charge on any atom is -0.476 e. The first-order valence-corrected chi connectivity index (χ1v) is 7.29. The van der Waals surface area contributed by atoms with Crippen LogP contribution in [0.2, 0.25) is 0 Å². The number of carboxylic acid groups (broad SMARTS) is 1. The Kier molecular flexibility index (Phi) is 3.38. The van der Waals surface area contributed by atoms with E-state index >= 15 is 0 Å². The zero-order chi connectivity index (χ0) is 13.2. The van der Waals surface area contributed by atoms with Crippen LogP contribution in [0.15, 0.2) is 29.2 Å². The maximum absolute atomic E-state index is 11.3. The summed E-state index contributed by atoms with van der Waals surface area (Å²) in [6.45, 7) is 0. The van der Waals surface area contributed by atoms with E-state index in [9.17, 15) is 9.90 Å². The molecule has 0 unspecified atom stereocenters. The van der Waals surface area contributed by atoms with E-state index in [4.69, 9.17) is 0 Å². The van der Waals surface area contributed by atoms with E-state index in [-0.39, 0.29) is 5.69 Å². The molecule has 0 aliphatic heterocycles. The van der Waals surface area contributed by atoms with Crippen LogP contribution in [0.1, 0.15) is 36.2 Å². The molecule has 0 atom stereocenters. The van der Waals surface area contributed by atoms with Gasteiger partial charge in [-0.05, 0) is 18.9 Å². The van der Waals surface area contributed by atoms with Gasteiger partial charge in [0, 0.05) is 10.6 Å². The number of benzene rings is 1. The third-order valence-electron chi connectivity index (χ3n) is 3.41. The van der Waals surface area contributed by atoms with Gasteiger partial charge in [0.15, 0.2) is 5.69 Å². The molecule has 1 aliphatic rings. The molecular formula is C14H14N2O2S. The summed E-state index contributed by atoms with van der Waals surface area (Å²) in [5.74, 6) is -1.00. The van der Waals surface area contributed by atoms with Crippen molar-refractivity contribution in [3.05, 3.63) is 30.0 Å². The molecule has 0 spiro atoms. The van der Waals surface area contributed by atoms with E-state index in [1.807, 2.05) is 24.3 Å². The fourth-order valence-corrected chi connectivity index (χ4v) is 3.90. The lowest BCUT2D eigenvalue weighted by molar-refractivity contribution is 0.0685. The van der Waals surface area contributed by atoms with E-state index in [0.29, 0.717) is 5.25 Å². The third kappa shape index (κ3) is 2.42. The van der Waals surface area contributed by atoms with Crippen LogP contribution in [0.3, 0.4) is 0 Å². The first-order valence-electron chi connectivity index (χ1n) is 6.41. The van der Waals surface area contributed by atoms with Crippen molar-refractivity contribution in [2.75, 3.05) is 0 Å². The fraction of sp³-hybridized carbons (Fsp3) is 0.357. The topological polar surface area (TPSA) is 63.1 Å². The first kappa shape index (κ1) is 12.4. The lowest BCUT2D eigenvalue weighted by Crippen LogP contribution is -2.07. The quantitative estimate of drug-likeness (QED) is 0.929. The molecule has 1 N–H and O–H groups in total. The van der Waals surface area contributed by atoms with Gasteiger partial charge in [-0.25, -0.2) is 4.79 Å². The molecular weight excluding hydrogens is 260 g/mol. The number of carbonyl (C=O) groups is 1. The Morgan fingerprint density at radius 1 is 1.21 bits per heavy atom. The van der Waals surface area contributed by atoms with Crippen molar-refractivity contribution in [1.82, 2.24) is 10.2 Å². The van der Waals surface area contributed by atoms with Crippen molar-refractivity contribution in [1.29, 1.82) is 0 Å². The molecule has 1 fully saturated rings. The van der Waals surface area contributed by atoms with Gasteiger partial charge in [-0.15, -0.1) is 22.0 Å². The van der Waals surface area contributed by atoms with Crippen molar-refractivity contribution < 1.29 is 9.90 Å². The monoisotopic (exact) mass is 274 g/mol. The fourth-order valence-electron chi connectivity index (χ4n) is 2.46. The maximum atomic E-state index is 11.3. The van der Waals surface area contributed by atoms with Gasteiger partial charge in [-0.3, -0.25) is 0 Å². The van der Waals surface area contributed by atoms with E-state index in [1.165, 1.54) is 12.8 Å². The maximum Gasteiger partial charge on any atom is 0.357 e. The Bertz CT molecular complexity index is 624. The number of aromatic carboxylic acids is 1. The molecule has 1 aromatic heterocycles. The standard InChI is InChI=1S/C14H14N2O2S/c17-14(18)12-13(19-9-5-1-2-6-9)10-7-3-4-8-11(10)15-16-12/h3-4,7-9H,1-2,5-6H2,(H,17,18). The number of nitrogens with zero attached hydrogens (tertiary/aromatic N) is 2. The highest BCUT2D eigenvalue weighted by molar-refractivity contribution is 8.00. The molecule has 1 heterocycles. The van der Waals surface area contributed by atoms with Crippen molar-refractivity contribution >= 4 is 28.6 Å². The van der Waals surface area contributed by atoms with Crippen LogP contribution in [0.4, 0.5) is 0 Å². The van der Waals surface area contributed by atoms with Gasteiger partial charge in [0.05, 0.1) is 10.4 Å². The Morgan fingerprint density at radius 3 is 2.68 bits per heavy atom. The molecule has 4 nitrogen and oxygen atoms in total. The third-order valence-corrected chi connectivity index (χ3v) is 4.86. The Hall–Kier alpha value is -1.62. The lowest BCUT2D eigenvalue weighted by atomic mass is 10.2. The van der Waals surface area contributed by atoms with E-state index in [1.54, 1.807) is 11.8 Å². The van der Waals surface area contributed by atoms with Crippen molar-refractivity contribution in [2.45, 2.75) is 35.8 Å². The molecule has 0 amide bonds. The SMILES string of the molecule is O=C(O)c1nnc2ccccc2c1SC1CCCC1. The van der Waals surface area contributed by atoms with Crippen LogP contribution >= 0.6 is 11.8 Å². The number of carboxylic acids is 1. The Morgan fingerprint density at radius 2 is 1.95 bits per heavy atom. The highest BCUT2D eigenvalue weighted by Crippen LogP contribution is 2.38. The number of aromatic nitrogens is 2. The van der Waals surface area contributed by atoms with E-state index in [0.717, 1.165) is 28.6 Å². The smallest absolute Gasteiger partial charge is 0.357 e. The van der Waals surface area contributed by atoms with Crippen LogP contribution in [-0.4, -0.2) is 26.5 Å². The molecule has 1 aliphatic carbocycles. The number of rotatable bonds is 3. The van der Waals surface area contributed by atoms with Gasteiger partial charge in [-0.1, -0.05) is 31.0 Å². The number of fused-ring (bicyclic) bond motifs is 1. The minimum absolute atomic E-state index is 0.0793. The van der Waals surface area contributed by atoms with Crippen molar-refractivity contribution in [3.8, 4) is 0 Å². The van der Waals surface area contributed by atoms with Crippen LogP contribution < -0.4 is 0 Å². The molecule has 2 aromatic rings. The van der Waals surface area contributed by atoms with Crippen molar-refractivity contribution in [3.63, 3.8) is 0 Å². The molecule has 5 heteroatoms. The van der Waals surface area contributed by atoms with Gasteiger partial charge in [0.1, 0.15) is 0 Å². The van der Waals surface area contributed by atoms with Crippen LogP contribution in [0.5, 0.6) is 0 Å². The Labute approximate surface area is 115 Å². The number of thioether (sulfide) groups is 1. The molecule has 1 saturated carbocycles. The zero-order valence-corrected chi connectivity index (χ0v) is 11.2. The highest BCUT2D eigenvalue weighted by atomic mass is 32.2. The van der Waals surface area contributed by atoms with Gasteiger partial charge < -0.3 is 5.11 Å². The first-order chi connectivity index (χ1) is 9.25.